The SMILES string of the molecule is O=C(c1ccc(F)cc1Br)N1CCC1. The zero-order chi connectivity index (χ0) is 10.1. The van der Waals surface area contributed by atoms with Gasteiger partial charge in [-0.3, -0.25) is 4.79 Å². The molecule has 0 atom stereocenters. The molecule has 1 aromatic rings. The summed E-state index contributed by atoms with van der Waals surface area (Å²) in [5.41, 5.74) is 0.533. The predicted molar refractivity (Wildman–Crippen MR) is 54.6 cm³/mol. The van der Waals surface area contributed by atoms with Gasteiger partial charge in [-0.15, -0.1) is 0 Å². The van der Waals surface area contributed by atoms with Crippen molar-refractivity contribution in [1.82, 2.24) is 4.90 Å². The molecule has 0 bridgehead atoms. The van der Waals surface area contributed by atoms with E-state index in [4.69, 9.17) is 0 Å². The number of hydrogen-bond acceptors (Lipinski definition) is 1. The lowest BCUT2D eigenvalue weighted by molar-refractivity contribution is 0.0651. The second kappa shape index (κ2) is 3.69. The lowest BCUT2D eigenvalue weighted by Gasteiger charge is -2.31. The van der Waals surface area contributed by atoms with Crippen LogP contribution in [0.5, 0.6) is 0 Å². The first-order valence-corrected chi connectivity index (χ1v) is 5.22. The average Bonchev–Trinajstić information content (AvgIpc) is 2.00. The van der Waals surface area contributed by atoms with Crippen molar-refractivity contribution in [3.8, 4) is 0 Å². The molecule has 0 unspecified atom stereocenters. The first kappa shape index (κ1) is 9.65. The Morgan fingerprint density at radius 1 is 1.43 bits per heavy atom. The fourth-order valence-electron chi connectivity index (χ4n) is 1.35. The zero-order valence-electron chi connectivity index (χ0n) is 7.46. The fourth-order valence-corrected chi connectivity index (χ4v) is 1.87. The maximum atomic E-state index is 12.8. The summed E-state index contributed by atoms with van der Waals surface area (Å²) in [6, 6.07) is 4.13. The minimum absolute atomic E-state index is 0.0249. The largest absolute Gasteiger partial charge is 0.338 e. The van der Waals surface area contributed by atoms with Gasteiger partial charge in [0.15, 0.2) is 0 Å². The van der Waals surface area contributed by atoms with Crippen LogP contribution in [0.3, 0.4) is 0 Å². The van der Waals surface area contributed by atoms with Crippen molar-refractivity contribution in [3.63, 3.8) is 0 Å². The number of nitrogens with zero attached hydrogens (tertiary/aromatic N) is 1. The standard InChI is InChI=1S/C10H9BrFNO/c11-9-6-7(12)2-3-8(9)10(14)13-4-1-5-13/h2-3,6H,1,4-5H2. The van der Waals surface area contributed by atoms with E-state index in [0.717, 1.165) is 19.5 Å². The molecule has 2 rings (SSSR count). The van der Waals surface area contributed by atoms with Gasteiger partial charge in [-0.25, -0.2) is 4.39 Å². The Kier molecular flexibility index (Phi) is 2.54. The summed E-state index contributed by atoms with van der Waals surface area (Å²) in [6.07, 6.45) is 1.06. The van der Waals surface area contributed by atoms with Crippen molar-refractivity contribution >= 4 is 21.8 Å². The lowest BCUT2D eigenvalue weighted by atomic mass is 10.1. The maximum Gasteiger partial charge on any atom is 0.255 e. The molecule has 0 N–H and O–H groups in total. The predicted octanol–water partition coefficient (Wildman–Crippen LogP) is 2.43. The Hall–Kier alpha value is -0.900. The van der Waals surface area contributed by atoms with Crippen LogP contribution in [0.2, 0.25) is 0 Å². The molecule has 0 aromatic heterocycles. The van der Waals surface area contributed by atoms with Crippen LogP contribution < -0.4 is 0 Å². The second-order valence-corrected chi connectivity index (χ2v) is 4.12. The number of halogens is 2. The summed E-state index contributed by atoms with van der Waals surface area (Å²) < 4.78 is 13.3. The fraction of sp³-hybridized carbons (Fsp3) is 0.300. The third-order valence-electron chi connectivity index (χ3n) is 2.30. The quantitative estimate of drug-likeness (QED) is 0.757. The molecular formula is C10H9BrFNO. The molecule has 74 valence electrons. The van der Waals surface area contributed by atoms with E-state index in [1.807, 2.05) is 0 Å². The van der Waals surface area contributed by atoms with Crippen LogP contribution in [0.25, 0.3) is 0 Å². The van der Waals surface area contributed by atoms with Crippen LogP contribution in [-0.4, -0.2) is 23.9 Å². The lowest BCUT2D eigenvalue weighted by Crippen LogP contribution is -2.42. The molecule has 0 spiro atoms. The van der Waals surface area contributed by atoms with Gasteiger partial charge in [0.25, 0.3) is 5.91 Å². The van der Waals surface area contributed by atoms with Gasteiger partial charge in [0, 0.05) is 17.6 Å². The minimum Gasteiger partial charge on any atom is -0.338 e. The van der Waals surface area contributed by atoms with E-state index < -0.39 is 0 Å². The summed E-state index contributed by atoms with van der Waals surface area (Å²) in [7, 11) is 0. The summed E-state index contributed by atoms with van der Waals surface area (Å²) in [5, 5.41) is 0. The van der Waals surface area contributed by atoms with E-state index in [1.54, 1.807) is 4.90 Å². The van der Waals surface area contributed by atoms with Gasteiger partial charge in [0.2, 0.25) is 0 Å². The molecule has 1 fully saturated rings. The van der Waals surface area contributed by atoms with E-state index >= 15 is 0 Å². The van der Waals surface area contributed by atoms with Crippen molar-refractivity contribution in [1.29, 1.82) is 0 Å². The Labute approximate surface area is 89.8 Å². The number of amides is 1. The number of likely N-dealkylation sites (tertiary alicyclic amines) is 1. The number of carbonyl (C=O) groups is 1. The van der Waals surface area contributed by atoms with Gasteiger partial charge in [0.1, 0.15) is 5.82 Å². The number of hydrogen-bond donors (Lipinski definition) is 0. The first-order chi connectivity index (χ1) is 6.68. The molecule has 0 aliphatic carbocycles. The van der Waals surface area contributed by atoms with Crippen LogP contribution in [0.4, 0.5) is 4.39 Å². The third kappa shape index (κ3) is 1.66. The topological polar surface area (TPSA) is 20.3 Å². The Morgan fingerprint density at radius 2 is 2.14 bits per heavy atom. The zero-order valence-corrected chi connectivity index (χ0v) is 9.05. The summed E-state index contributed by atoms with van der Waals surface area (Å²) in [4.78, 5) is 13.5. The molecule has 1 heterocycles. The Balaban J connectivity index is 2.26. The van der Waals surface area contributed by atoms with Crippen LogP contribution in [0, 0.1) is 5.82 Å². The highest BCUT2D eigenvalue weighted by Crippen LogP contribution is 2.21. The molecule has 4 heteroatoms. The molecule has 14 heavy (non-hydrogen) atoms. The highest BCUT2D eigenvalue weighted by atomic mass is 79.9. The van der Waals surface area contributed by atoms with E-state index in [0.29, 0.717) is 10.0 Å². The Morgan fingerprint density at radius 3 is 2.64 bits per heavy atom. The normalized spacial score (nSPS) is 15.1. The van der Waals surface area contributed by atoms with Crippen molar-refractivity contribution in [3.05, 3.63) is 34.1 Å². The summed E-state index contributed by atoms with van der Waals surface area (Å²) in [5.74, 6) is -0.361. The minimum atomic E-state index is -0.336. The molecule has 2 nitrogen and oxygen atoms in total. The van der Waals surface area contributed by atoms with Gasteiger partial charge >= 0.3 is 0 Å². The third-order valence-corrected chi connectivity index (χ3v) is 2.96. The van der Waals surface area contributed by atoms with Crippen molar-refractivity contribution < 1.29 is 9.18 Å². The molecular weight excluding hydrogens is 249 g/mol. The van der Waals surface area contributed by atoms with Crippen LogP contribution >= 0.6 is 15.9 Å². The van der Waals surface area contributed by atoms with Gasteiger partial charge in [-0.1, -0.05) is 0 Å². The maximum absolute atomic E-state index is 12.8. The molecule has 1 amide bonds. The van der Waals surface area contributed by atoms with E-state index in [2.05, 4.69) is 15.9 Å². The second-order valence-electron chi connectivity index (χ2n) is 3.27. The smallest absolute Gasteiger partial charge is 0.255 e. The van der Waals surface area contributed by atoms with Gasteiger partial charge in [0.05, 0.1) is 5.56 Å². The first-order valence-electron chi connectivity index (χ1n) is 4.43. The van der Waals surface area contributed by atoms with Crippen molar-refractivity contribution in [2.75, 3.05) is 13.1 Å². The average molecular weight is 258 g/mol. The van der Waals surface area contributed by atoms with E-state index in [1.165, 1.54) is 18.2 Å². The number of rotatable bonds is 1. The molecule has 0 saturated carbocycles. The highest BCUT2D eigenvalue weighted by Gasteiger charge is 2.23. The van der Waals surface area contributed by atoms with Gasteiger partial charge < -0.3 is 4.90 Å². The van der Waals surface area contributed by atoms with E-state index in [-0.39, 0.29) is 11.7 Å². The summed E-state index contributed by atoms with van der Waals surface area (Å²) >= 11 is 3.18. The van der Waals surface area contributed by atoms with Crippen molar-refractivity contribution in [2.45, 2.75) is 6.42 Å². The highest BCUT2D eigenvalue weighted by molar-refractivity contribution is 9.10. The number of benzene rings is 1. The Bertz CT molecular complexity index is 376. The van der Waals surface area contributed by atoms with Gasteiger partial charge in [-0.05, 0) is 40.5 Å². The molecule has 1 aliphatic rings. The summed E-state index contributed by atoms with van der Waals surface area (Å²) in [6.45, 7) is 1.62. The van der Waals surface area contributed by atoms with Crippen molar-refractivity contribution in [2.24, 2.45) is 0 Å². The molecule has 1 saturated heterocycles. The molecule has 0 radical (unpaired) electrons. The molecule has 1 aromatic carbocycles. The van der Waals surface area contributed by atoms with Crippen LogP contribution in [0.15, 0.2) is 22.7 Å². The van der Waals surface area contributed by atoms with Crippen LogP contribution in [0.1, 0.15) is 16.8 Å². The van der Waals surface area contributed by atoms with Gasteiger partial charge in [-0.2, -0.15) is 0 Å². The number of carbonyl (C=O) groups excluding carboxylic acids is 1. The monoisotopic (exact) mass is 257 g/mol. The van der Waals surface area contributed by atoms with E-state index in [9.17, 15) is 9.18 Å². The van der Waals surface area contributed by atoms with Crippen LogP contribution in [-0.2, 0) is 0 Å². The molecule has 1 aliphatic heterocycles.